The van der Waals surface area contributed by atoms with Crippen LogP contribution in [0.15, 0.2) is 18.2 Å². The summed E-state index contributed by atoms with van der Waals surface area (Å²) in [6, 6.07) is 6.01. The maximum atomic E-state index is 10.5. The summed E-state index contributed by atoms with van der Waals surface area (Å²) in [6.45, 7) is 7.07. The lowest BCUT2D eigenvalue weighted by molar-refractivity contribution is 0.0499. The largest absolute Gasteiger partial charge is 0.497 e. The number of aliphatic hydroxyl groups is 1. The highest BCUT2D eigenvalue weighted by atomic mass is 16.5. The van der Waals surface area contributed by atoms with E-state index in [2.05, 4.69) is 34.9 Å². The summed E-state index contributed by atoms with van der Waals surface area (Å²) in [4.78, 5) is 7.01. The monoisotopic (exact) mass is 391 g/mol. The predicted octanol–water partition coefficient (Wildman–Crippen LogP) is 1.91. The fourth-order valence-corrected chi connectivity index (χ4v) is 3.97. The van der Waals surface area contributed by atoms with Crippen LogP contribution in [0, 0.1) is 5.92 Å². The third-order valence-corrected chi connectivity index (χ3v) is 6.01. The molecule has 0 bridgehead atoms. The van der Waals surface area contributed by atoms with E-state index in [9.17, 15) is 5.11 Å². The van der Waals surface area contributed by atoms with Gasteiger partial charge in [-0.3, -0.25) is 4.90 Å². The summed E-state index contributed by atoms with van der Waals surface area (Å²) in [6.07, 6.45) is 3.60. The minimum absolute atomic E-state index is 0.304. The van der Waals surface area contributed by atoms with Crippen molar-refractivity contribution < 1.29 is 14.6 Å². The Morgan fingerprint density at radius 3 is 2.61 bits per heavy atom. The predicted molar refractivity (Wildman–Crippen MR) is 112 cm³/mol. The number of piperazine rings is 1. The lowest BCUT2D eigenvalue weighted by Crippen LogP contribution is -2.47. The molecule has 1 saturated heterocycles. The molecule has 28 heavy (non-hydrogen) atoms. The average Bonchev–Trinajstić information content (AvgIpc) is 2.66. The summed E-state index contributed by atoms with van der Waals surface area (Å²) in [5, 5.41) is 10.5. The number of β-amino-alcohol motifs (C(OH)–C–C–N with tert-alkyl or cyclic N) is 1. The smallest absolute Gasteiger partial charge is 0.127 e. The summed E-state index contributed by atoms with van der Waals surface area (Å²) in [5.74, 6) is 2.45. The minimum Gasteiger partial charge on any atom is -0.497 e. The molecule has 1 aromatic carbocycles. The molecule has 1 heterocycles. The Hall–Kier alpha value is -1.34. The number of methoxy groups -OCH3 is 1. The molecule has 1 unspecified atom stereocenters. The molecule has 1 saturated carbocycles. The fraction of sp³-hybridized carbons (Fsp3) is 0.727. The van der Waals surface area contributed by atoms with Gasteiger partial charge in [0, 0.05) is 57.4 Å². The zero-order valence-electron chi connectivity index (χ0n) is 17.8. The van der Waals surface area contributed by atoms with E-state index in [4.69, 9.17) is 9.47 Å². The third kappa shape index (κ3) is 6.34. The van der Waals surface area contributed by atoms with Gasteiger partial charge < -0.3 is 24.4 Å². The van der Waals surface area contributed by atoms with Gasteiger partial charge in [-0.1, -0.05) is 12.5 Å². The van der Waals surface area contributed by atoms with E-state index in [1.54, 1.807) is 7.11 Å². The van der Waals surface area contributed by atoms with Crippen LogP contribution in [0.2, 0.25) is 0 Å². The zero-order valence-corrected chi connectivity index (χ0v) is 17.8. The second kappa shape index (κ2) is 10.4. The molecule has 3 rings (SSSR count). The van der Waals surface area contributed by atoms with Crippen LogP contribution in [0.1, 0.15) is 24.8 Å². The van der Waals surface area contributed by atoms with Crippen LogP contribution < -0.4 is 9.47 Å². The Bertz CT molecular complexity index is 601. The van der Waals surface area contributed by atoms with Gasteiger partial charge in [0.05, 0.1) is 7.11 Å². The molecule has 1 N–H and O–H groups in total. The first kappa shape index (κ1) is 21.4. The number of likely N-dealkylation sites (N-methyl/N-ethyl adjacent to an activating group) is 1. The van der Waals surface area contributed by atoms with E-state index in [0.717, 1.165) is 62.2 Å². The van der Waals surface area contributed by atoms with E-state index in [1.807, 2.05) is 12.1 Å². The van der Waals surface area contributed by atoms with Crippen LogP contribution in [0.3, 0.4) is 0 Å². The maximum Gasteiger partial charge on any atom is 0.127 e. The average molecular weight is 392 g/mol. The number of aliphatic hydroxyl groups excluding tert-OH is 1. The summed E-state index contributed by atoms with van der Waals surface area (Å²) in [5.41, 5.74) is 1.15. The molecule has 1 aliphatic heterocycles. The summed E-state index contributed by atoms with van der Waals surface area (Å²) < 4.78 is 11.4. The number of nitrogens with zero attached hydrogens (tertiary/aromatic N) is 3. The highest BCUT2D eigenvalue weighted by Gasteiger charge is 2.21. The van der Waals surface area contributed by atoms with Crippen LogP contribution in [0.5, 0.6) is 11.5 Å². The Labute approximate surface area is 170 Å². The molecule has 6 heteroatoms. The van der Waals surface area contributed by atoms with Gasteiger partial charge in [0.2, 0.25) is 0 Å². The van der Waals surface area contributed by atoms with E-state index in [-0.39, 0.29) is 0 Å². The van der Waals surface area contributed by atoms with E-state index in [1.165, 1.54) is 19.3 Å². The fourth-order valence-electron chi connectivity index (χ4n) is 3.97. The molecular weight excluding hydrogens is 354 g/mol. The highest BCUT2D eigenvalue weighted by Crippen LogP contribution is 2.29. The SMILES string of the molecule is COc1ccc(CN(C)CC2CCC2)c(OCC(O)CN2CCN(C)CC2)c1. The standard InChI is InChI=1S/C22H37N3O3/c1-23-9-11-25(12-10-23)16-20(26)17-28-22-13-21(27-3)8-7-19(22)15-24(2)14-18-5-4-6-18/h7-8,13,18,20,26H,4-6,9-12,14-17H2,1-3H3. The molecule has 0 amide bonds. The number of hydrogen-bond acceptors (Lipinski definition) is 6. The Balaban J connectivity index is 1.53. The molecule has 1 aromatic rings. The van der Waals surface area contributed by atoms with Gasteiger partial charge in [-0.05, 0) is 38.9 Å². The minimum atomic E-state index is -0.491. The Kier molecular flexibility index (Phi) is 7.97. The second-order valence-corrected chi connectivity index (χ2v) is 8.54. The van der Waals surface area contributed by atoms with Gasteiger partial charge in [0.15, 0.2) is 0 Å². The van der Waals surface area contributed by atoms with E-state index >= 15 is 0 Å². The normalized spacial score (nSPS) is 20.2. The Morgan fingerprint density at radius 2 is 1.96 bits per heavy atom. The van der Waals surface area contributed by atoms with Crippen molar-refractivity contribution in [1.29, 1.82) is 0 Å². The van der Waals surface area contributed by atoms with Crippen molar-refractivity contribution in [3.63, 3.8) is 0 Å². The summed E-state index contributed by atoms with van der Waals surface area (Å²) in [7, 11) is 5.99. The van der Waals surface area contributed by atoms with Gasteiger partial charge in [-0.15, -0.1) is 0 Å². The van der Waals surface area contributed by atoms with Gasteiger partial charge in [-0.25, -0.2) is 0 Å². The second-order valence-electron chi connectivity index (χ2n) is 8.54. The molecule has 1 aliphatic carbocycles. The van der Waals surface area contributed by atoms with Crippen LogP contribution in [-0.4, -0.2) is 93.0 Å². The third-order valence-electron chi connectivity index (χ3n) is 6.01. The van der Waals surface area contributed by atoms with Crippen LogP contribution in [0.4, 0.5) is 0 Å². The first-order valence-corrected chi connectivity index (χ1v) is 10.6. The van der Waals surface area contributed by atoms with Crippen LogP contribution >= 0.6 is 0 Å². The van der Waals surface area contributed by atoms with Gasteiger partial charge in [-0.2, -0.15) is 0 Å². The number of rotatable bonds is 10. The van der Waals surface area contributed by atoms with Crippen molar-refractivity contribution in [3.8, 4) is 11.5 Å². The first-order chi connectivity index (χ1) is 13.5. The van der Waals surface area contributed by atoms with Gasteiger partial charge in [0.25, 0.3) is 0 Å². The quantitative estimate of drug-likeness (QED) is 0.658. The van der Waals surface area contributed by atoms with Gasteiger partial charge in [0.1, 0.15) is 24.2 Å². The molecule has 1 atom stereocenters. The molecule has 158 valence electrons. The Morgan fingerprint density at radius 1 is 1.21 bits per heavy atom. The zero-order chi connectivity index (χ0) is 19.9. The van der Waals surface area contributed by atoms with Crippen molar-refractivity contribution in [3.05, 3.63) is 23.8 Å². The van der Waals surface area contributed by atoms with Gasteiger partial charge >= 0.3 is 0 Å². The molecule has 0 radical (unpaired) electrons. The molecular formula is C22H37N3O3. The van der Waals surface area contributed by atoms with Crippen molar-refractivity contribution in [2.24, 2.45) is 5.92 Å². The van der Waals surface area contributed by atoms with Crippen molar-refractivity contribution in [2.45, 2.75) is 31.9 Å². The number of benzene rings is 1. The van der Waals surface area contributed by atoms with Crippen molar-refractivity contribution >= 4 is 0 Å². The lowest BCUT2D eigenvalue weighted by Gasteiger charge is -2.33. The first-order valence-electron chi connectivity index (χ1n) is 10.6. The van der Waals surface area contributed by atoms with E-state index in [0.29, 0.717) is 13.2 Å². The lowest BCUT2D eigenvalue weighted by atomic mass is 9.85. The highest BCUT2D eigenvalue weighted by molar-refractivity contribution is 5.40. The van der Waals surface area contributed by atoms with Crippen LogP contribution in [0.25, 0.3) is 0 Å². The number of ether oxygens (including phenoxy) is 2. The van der Waals surface area contributed by atoms with Crippen molar-refractivity contribution in [2.75, 3.05) is 67.1 Å². The van der Waals surface area contributed by atoms with Crippen molar-refractivity contribution in [1.82, 2.24) is 14.7 Å². The number of hydrogen-bond donors (Lipinski definition) is 1. The molecule has 2 aliphatic rings. The van der Waals surface area contributed by atoms with E-state index < -0.39 is 6.10 Å². The molecule has 6 nitrogen and oxygen atoms in total. The summed E-state index contributed by atoms with van der Waals surface area (Å²) >= 11 is 0. The maximum absolute atomic E-state index is 10.5. The molecule has 2 fully saturated rings. The molecule has 0 aromatic heterocycles. The molecule has 0 spiro atoms. The topological polar surface area (TPSA) is 48.4 Å². The van der Waals surface area contributed by atoms with Crippen LogP contribution in [-0.2, 0) is 6.54 Å².